The summed E-state index contributed by atoms with van der Waals surface area (Å²) in [6, 6.07) is 14.9. The number of hydrogen-bond donors (Lipinski definition) is 1. The summed E-state index contributed by atoms with van der Waals surface area (Å²) >= 11 is 6.12. The van der Waals surface area contributed by atoms with Crippen molar-refractivity contribution in [1.29, 1.82) is 0 Å². The summed E-state index contributed by atoms with van der Waals surface area (Å²) in [6.07, 6.45) is 1.58. The Morgan fingerprint density at radius 2 is 1.85 bits per heavy atom. The predicted octanol–water partition coefficient (Wildman–Crippen LogP) is 4.85. The van der Waals surface area contributed by atoms with Gasteiger partial charge >= 0.3 is 0 Å². The molecule has 20 heavy (non-hydrogen) atoms. The highest BCUT2D eigenvalue weighted by Crippen LogP contribution is 2.24. The van der Waals surface area contributed by atoms with Crippen LogP contribution in [-0.4, -0.2) is 5.78 Å². The van der Waals surface area contributed by atoms with Gasteiger partial charge in [0.15, 0.2) is 5.78 Å². The summed E-state index contributed by atoms with van der Waals surface area (Å²) in [5.74, 6) is -0.0284. The number of rotatable bonds is 4. The fraction of sp³-hybridized carbons (Fsp3) is 0.118. The molecule has 0 fully saturated rings. The van der Waals surface area contributed by atoms with Crippen molar-refractivity contribution in [3.63, 3.8) is 0 Å². The lowest BCUT2D eigenvalue weighted by Gasteiger charge is -2.09. The number of halogens is 1. The number of anilines is 1. The first-order chi connectivity index (χ1) is 9.56. The molecule has 0 bridgehead atoms. The van der Waals surface area contributed by atoms with Crippen LogP contribution < -0.4 is 5.32 Å². The average molecular weight is 286 g/mol. The predicted molar refractivity (Wildman–Crippen MR) is 84.3 cm³/mol. The maximum Gasteiger partial charge on any atom is 0.187 e. The highest BCUT2D eigenvalue weighted by molar-refractivity contribution is 6.33. The van der Waals surface area contributed by atoms with E-state index in [1.165, 1.54) is 0 Å². The number of carbonyl (C=O) groups is 1. The molecule has 2 nitrogen and oxygen atoms in total. The van der Waals surface area contributed by atoms with E-state index in [4.69, 9.17) is 11.6 Å². The molecular formula is C17H16ClNO. The fourth-order valence-electron chi connectivity index (χ4n) is 1.87. The first-order valence-corrected chi connectivity index (χ1v) is 6.75. The number of nitrogens with one attached hydrogen (secondary N) is 1. The summed E-state index contributed by atoms with van der Waals surface area (Å²) in [5, 5.41) is 3.79. The molecule has 1 N–H and O–H groups in total. The van der Waals surface area contributed by atoms with E-state index in [1.54, 1.807) is 18.2 Å². The molecule has 2 rings (SSSR count). The Bertz CT molecular complexity index is 647. The standard InChI is InChI=1S/C17H16ClNO/c1-12-8-9-15(18)16(10-12)19-13(2)11-17(20)14-6-4-3-5-7-14/h3-11,19H,1-2H3. The van der Waals surface area contributed by atoms with E-state index in [1.807, 2.05) is 50.2 Å². The van der Waals surface area contributed by atoms with Crippen LogP contribution in [0.1, 0.15) is 22.8 Å². The molecule has 0 atom stereocenters. The quantitative estimate of drug-likeness (QED) is 0.643. The Kier molecular flexibility index (Phi) is 4.59. The van der Waals surface area contributed by atoms with Gasteiger partial charge in [0.2, 0.25) is 0 Å². The normalized spacial score (nSPS) is 11.2. The largest absolute Gasteiger partial charge is 0.358 e. The molecular weight excluding hydrogens is 270 g/mol. The van der Waals surface area contributed by atoms with Crippen molar-refractivity contribution in [2.45, 2.75) is 13.8 Å². The minimum Gasteiger partial charge on any atom is -0.358 e. The average Bonchev–Trinajstić information content (AvgIpc) is 2.43. The van der Waals surface area contributed by atoms with Crippen LogP contribution in [0, 0.1) is 6.92 Å². The molecule has 0 radical (unpaired) electrons. The first-order valence-electron chi connectivity index (χ1n) is 6.37. The molecule has 0 aromatic heterocycles. The van der Waals surface area contributed by atoms with Gasteiger partial charge in [-0.1, -0.05) is 48.0 Å². The van der Waals surface area contributed by atoms with Gasteiger partial charge in [-0.05, 0) is 31.5 Å². The van der Waals surface area contributed by atoms with Crippen molar-refractivity contribution in [2.75, 3.05) is 5.32 Å². The molecule has 0 saturated carbocycles. The zero-order valence-corrected chi connectivity index (χ0v) is 12.2. The highest BCUT2D eigenvalue weighted by atomic mass is 35.5. The van der Waals surface area contributed by atoms with E-state index < -0.39 is 0 Å². The van der Waals surface area contributed by atoms with Crippen LogP contribution in [-0.2, 0) is 0 Å². The van der Waals surface area contributed by atoms with Gasteiger partial charge < -0.3 is 5.32 Å². The van der Waals surface area contributed by atoms with Crippen molar-refractivity contribution in [3.8, 4) is 0 Å². The number of hydrogen-bond acceptors (Lipinski definition) is 2. The van der Waals surface area contributed by atoms with Crippen LogP contribution in [0.3, 0.4) is 0 Å². The third-order valence-corrected chi connectivity index (χ3v) is 3.19. The van der Waals surface area contributed by atoms with Gasteiger partial charge in [0.25, 0.3) is 0 Å². The molecule has 0 saturated heterocycles. The van der Waals surface area contributed by atoms with Crippen LogP contribution in [0.4, 0.5) is 5.69 Å². The lowest BCUT2D eigenvalue weighted by atomic mass is 10.1. The van der Waals surface area contributed by atoms with E-state index in [0.29, 0.717) is 10.6 Å². The molecule has 2 aromatic carbocycles. The zero-order chi connectivity index (χ0) is 14.5. The summed E-state index contributed by atoms with van der Waals surface area (Å²) in [6.45, 7) is 3.84. The Balaban J connectivity index is 2.15. The minimum atomic E-state index is -0.0284. The Morgan fingerprint density at radius 3 is 2.55 bits per heavy atom. The van der Waals surface area contributed by atoms with Gasteiger partial charge in [0.1, 0.15) is 0 Å². The number of carbonyl (C=O) groups excluding carboxylic acids is 1. The SMILES string of the molecule is CC(=CC(=O)c1ccccc1)Nc1cc(C)ccc1Cl. The molecule has 2 aromatic rings. The van der Waals surface area contributed by atoms with Gasteiger partial charge in [-0.15, -0.1) is 0 Å². The molecule has 3 heteroatoms. The highest BCUT2D eigenvalue weighted by Gasteiger charge is 2.04. The maximum absolute atomic E-state index is 12.0. The molecule has 0 heterocycles. The molecule has 0 unspecified atom stereocenters. The second-order valence-electron chi connectivity index (χ2n) is 4.67. The van der Waals surface area contributed by atoms with Gasteiger partial charge in [0.05, 0.1) is 10.7 Å². The van der Waals surface area contributed by atoms with E-state index in [2.05, 4.69) is 5.32 Å². The zero-order valence-electron chi connectivity index (χ0n) is 11.5. The van der Waals surface area contributed by atoms with Crippen molar-refractivity contribution in [3.05, 3.63) is 76.5 Å². The summed E-state index contributed by atoms with van der Waals surface area (Å²) < 4.78 is 0. The van der Waals surface area contributed by atoms with Crippen molar-refractivity contribution in [2.24, 2.45) is 0 Å². The topological polar surface area (TPSA) is 29.1 Å². The van der Waals surface area contributed by atoms with Crippen LogP contribution in [0.2, 0.25) is 5.02 Å². The summed E-state index contributed by atoms with van der Waals surface area (Å²) in [5.41, 5.74) is 3.34. The number of ketones is 1. The molecule has 0 aliphatic heterocycles. The second kappa shape index (κ2) is 6.40. The molecule has 0 amide bonds. The Hall–Kier alpha value is -2.06. The van der Waals surface area contributed by atoms with E-state index in [9.17, 15) is 4.79 Å². The smallest absolute Gasteiger partial charge is 0.187 e. The Labute approximate surface area is 124 Å². The first kappa shape index (κ1) is 14.4. The minimum absolute atomic E-state index is 0.0284. The summed E-state index contributed by atoms with van der Waals surface area (Å²) in [7, 11) is 0. The van der Waals surface area contributed by atoms with E-state index in [0.717, 1.165) is 16.9 Å². The lowest BCUT2D eigenvalue weighted by Crippen LogP contribution is -2.01. The van der Waals surface area contributed by atoms with Crippen LogP contribution in [0.5, 0.6) is 0 Å². The van der Waals surface area contributed by atoms with E-state index >= 15 is 0 Å². The van der Waals surface area contributed by atoms with E-state index in [-0.39, 0.29) is 5.78 Å². The number of allylic oxidation sites excluding steroid dienone is 2. The monoisotopic (exact) mass is 285 g/mol. The van der Waals surface area contributed by atoms with Gasteiger partial charge in [-0.2, -0.15) is 0 Å². The van der Waals surface area contributed by atoms with Crippen molar-refractivity contribution >= 4 is 23.1 Å². The number of aryl methyl sites for hydroxylation is 1. The second-order valence-corrected chi connectivity index (χ2v) is 5.07. The van der Waals surface area contributed by atoms with Crippen LogP contribution in [0.15, 0.2) is 60.3 Å². The maximum atomic E-state index is 12.0. The number of benzene rings is 2. The van der Waals surface area contributed by atoms with Crippen LogP contribution >= 0.6 is 11.6 Å². The molecule has 0 aliphatic rings. The summed E-state index contributed by atoms with van der Waals surface area (Å²) in [4.78, 5) is 12.0. The van der Waals surface area contributed by atoms with Crippen LogP contribution in [0.25, 0.3) is 0 Å². The molecule has 0 aliphatic carbocycles. The fourth-order valence-corrected chi connectivity index (χ4v) is 2.03. The van der Waals surface area contributed by atoms with Gasteiger partial charge in [-0.3, -0.25) is 4.79 Å². The molecule has 0 spiro atoms. The van der Waals surface area contributed by atoms with Gasteiger partial charge in [-0.25, -0.2) is 0 Å². The Morgan fingerprint density at radius 1 is 1.15 bits per heavy atom. The van der Waals surface area contributed by atoms with Crippen molar-refractivity contribution in [1.82, 2.24) is 0 Å². The molecule has 102 valence electrons. The third kappa shape index (κ3) is 3.72. The third-order valence-electron chi connectivity index (χ3n) is 2.86. The van der Waals surface area contributed by atoms with Gasteiger partial charge in [0, 0.05) is 17.3 Å². The lowest BCUT2D eigenvalue weighted by molar-refractivity contribution is 0.104. The van der Waals surface area contributed by atoms with Crippen molar-refractivity contribution < 1.29 is 4.79 Å².